The van der Waals surface area contributed by atoms with E-state index < -0.39 is 12.1 Å². The Balaban J connectivity index is 0.000000541. The van der Waals surface area contributed by atoms with Crippen LogP contribution in [0.2, 0.25) is 0 Å². The van der Waals surface area contributed by atoms with Crippen molar-refractivity contribution in [2.24, 2.45) is 0 Å². The van der Waals surface area contributed by atoms with Crippen LogP contribution in [0.4, 0.5) is 13.2 Å². The maximum Gasteiger partial charge on any atom is 0.490 e. The molecule has 2 N–H and O–H groups in total. The van der Waals surface area contributed by atoms with Crippen molar-refractivity contribution in [1.29, 1.82) is 0 Å². The highest BCUT2D eigenvalue weighted by Crippen LogP contribution is 2.30. The van der Waals surface area contributed by atoms with Gasteiger partial charge in [-0.15, -0.1) is 0 Å². The molecule has 9 heteroatoms. The number of alkyl halides is 3. The molecule has 0 amide bonds. The lowest BCUT2D eigenvalue weighted by Gasteiger charge is -2.32. The molecule has 0 aliphatic carbocycles. The van der Waals surface area contributed by atoms with Gasteiger partial charge in [0.25, 0.3) is 0 Å². The molecule has 2 atom stereocenters. The first kappa shape index (κ1) is 32.4. The van der Waals surface area contributed by atoms with Crippen molar-refractivity contribution in [3.63, 3.8) is 0 Å². The van der Waals surface area contributed by atoms with Crippen LogP contribution in [0.5, 0.6) is 5.75 Å². The number of thioether (sulfide) groups is 1. The highest BCUT2D eigenvalue weighted by Gasteiger charge is 2.38. The van der Waals surface area contributed by atoms with Crippen molar-refractivity contribution in [2.45, 2.75) is 43.4 Å². The Morgan fingerprint density at radius 2 is 1.60 bits per heavy atom. The first-order valence-electron chi connectivity index (χ1n) is 14.2. The predicted molar refractivity (Wildman–Crippen MR) is 166 cm³/mol. The molecule has 1 saturated heterocycles. The maximum atomic E-state index is 10.6. The summed E-state index contributed by atoms with van der Waals surface area (Å²) in [5, 5.41) is 13.2. The Bertz CT molecular complexity index is 1420. The van der Waals surface area contributed by atoms with Gasteiger partial charge in [0.05, 0.1) is 19.3 Å². The Kier molecular flexibility index (Phi) is 12.3. The van der Waals surface area contributed by atoms with Gasteiger partial charge in [-0.3, -0.25) is 0 Å². The molecule has 1 aliphatic rings. The standard InChI is InChI=1S/C32H35NO2S.C2HF3O2/c1-2-7-25(8-3-1)24-36-20-6-19-34-30-15-13-28(14-16-30)31-17-18-33-22-32(31)35-23-26-11-12-27-9-4-5-10-29(27)21-26;3-2(4,5)1(6)7/h1-5,7-16,21,31-33H,6,17-20,22-24H2;(H,6,7). The van der Waals surface area contributed by atoms with E-state index in [0.29, 0.717) is 12.5 Å². The molecular weight excluding hydrogens is 575 g/mol. The third kappa shape index (κ3) is 10.6. The predicted octanol–water partition coefficient (Wildman–Crippen LogP) is 7.84. The van der Waals surface area contributed by atoms with Crippen molar-refractivity contribution in [3.8, 4) is 5.75 Å². The van der Waals surface area contributed by atoms with Crippen molar-refractivity contribution in [2.75, 3.05) is 25.4 Å². The highest BCUT2D eigenvalue weighted by molar-refractivity contribution is 7.98. The minimum atomic E-state index is -5.08. The van der Waals surface area contributed by atoms with Gasteiger partial charge >= 0.3 is 12.1 Å². The maximum absolute atomic E-state index is 10.6. The van der Waals surface area contributed by atoms with Crippen molar-refractivity contribution in [1.82, 2.24) is 5.32 Å². The second-order valence-electron chi connectivity index (χ2n) is 10.2. The molecule has 5 rings (SSSR count). The fourth-order valence-electron chi connectivity index (χ4n) is 4.84. The number of nitrogens with one attached hydrogen (secondary N) is 1. The number of hydrogen-bond donors (Lipinski definition) is 2. The second kappa shape index (κ2) is 16.4. The van der Waals surface area contributed by atoms with Gasteiger partial charge in [0, 0.05) is 18.2 Å². The Morgan fingerprint density at radius 3 is 2.33 bits per heavy atom. The van der Waals surface area contributed by atoms with E-state index in [-0.39, 0.29) is 6.10 Å². The van der Waals surface area contributed by atoms with Gasteiger partial charge in [0.2, 0.25) is 0 Å². The summed E-state index contributed by atoms with van der Waals surface area (Å²) in [4.78, 5) is 8.90. The van der Waals surface area contributed by atoms with E-state index in [0.717, 1.165) is 49.8 Å². The SMILES string of the molecule is O=C(O)C(F)(F)F.c1ccc(CSCCCOc2ccc(C3CCNCC3OCc3ccc4ccccc4c3)cc2)cc1. The molecule has 4 aromatic carbocycles. The van der Waals surface area contributed by atoms with E-state index in [1.54, 1.807) is 0 Å². The molecule has 1 fully saturated rings. The van der Waals surface area contributed by atoms with E-state index in [2.05, 4.69) is 102 Å². The number of piperidine rings is 1. The molecule has 1 heterocycles. The molecule has 2 unspecified atom stereocenters. The van der Waals surface area contributed by atoms with Crippen LogP contribution in [0.25, 0.3) is 10.8 Å². The Hall–Kier alpha value is -3.53. The summed E-state index contributed by atoms with van der Waals surface area (Å²) in [5.74, 6) is 0.769. The summed E-state index contributed by atoms with van der Waals surface area (Å²) < 4.78 is 44.2. The van der Waals surface area contributed by atoms with Gasteiger partial charge in [-0.05, 0) is 70.8 Å². The highest BCUT2D eigenvalue weighted by atomic mass is 32.2. The van der Waals surface area contributed by atoms with Gasteiger partial charge < -0.3 is 19.9 Å². The van der Waals surface area contributed by atoms with Crippen LogP contribution in [-0.4, -0.2) is 48.8 Å². The topological polar surface area (TPSA) is 67.8 Å². The van der Waals surface area contributed by atoms with Crippen LogP contribution in [0.3, 0.4) is 0 Å². The van der Waals surface area contributed by atoms with Gasteiger partial charge in [-0.25, -0.2) is 4.79 Å². The average Bonchev–Trinajstić information content (AvgIpc) is 3.02. The lowest BCUT2D eigenvalue weighted by Crippen LogP contribution is -2.40. The van der Waals surface area contributed by atoms with Crippen LogP contribution in [-0.2, 0) is 21.9 Å². The molecule has 0 bridgehead atoms. The van der Waals surface area contributed by atoms with Gasteiger partial charge in [-0.1, -0.05) is 78.9 Å². The van der Waals surface area contributed by atoms with Crippen LogP contribution in [0, 0.1) is 0 Å². The average molecular weight is 612 g/mol. The van der Waals surface area contributed by atoms with E-state index >= 15 is 0 Å². The number of halogens is 3. The fourth-order valence-corrected chi connectivity index (χ4v) is 5.74. The molecule has 228 valence electrons. The van der Waals surface area contributed by atoms with E-state index in [4.69, 9.17) is 19.4 Å². The number of carboxylic acid groups (broad SMARTS) is 1. The second-order valence-corrected chi connectivity index (χ2v) is 11.3. The molecular formula is C34H36F3NO4S. The fraction of sp³-hybridized carbons (Fsp3) is 0.324. The minimum Gasteiger partial charge on any atom is -0.494 e. The largest absolute Gasteiger partial charge is 0.494 e. The molecule has 0 spiro atoms. The van der Waals surface area contributed by atoms with Crippen LogP contribution >= 0.6 is 11.8 Å². The molecule has 4 aromatic rings. The zero-order valence-electron chi connectivity index (χ0n) is 23.8. The third-order valence-electron chi connectivity index (χ3n) is 7.07. The van der Waals surface area contributed by atoms with E-state index in [1.807, 2.05) is 11.8 Å². The van der Waals surface area contributed by atoms with Crippen molar-refractivity contribution in [3.05, 3.63) is 114 Å². The quantitative estimate of drug-likeness (QED) is 0.169. The lowest BCUT2D eigenvalue weighted by atomic mass is 9.87. The summed E-state index contributed by atoms with van der Waals surface area (Å²) in [6, 6.07) is 34.4. The van der Waals surface area contributed by atoms with Gasteiger partial charge in [-0.2, -0.15) is 24.9 Å². The van der Waals surface area contributed by atoms with Gasteiger partial charge in [0.1, 0.15) is 5.75 Å². The summed E-state index contributed by atoms with van der Waals surface area (Å²) in [6.45, 7) is 3.31. The zero-order chi connectivity index (χ0) is 30.5. The number of aliphatic carboxylic acids is 1. The van der Waals surface area contributed by atoms with Crippen LogP contribution < -0.4 is 10.1 Å². The molecule has 0 radical (unpaired) electrons. The van der Waals surface area contributed by atoms with Crippen molar-refractivity contribution >= 4 is 28.5 Å². The Labute approximate surface area is 254 Å². The van der Waals surface area contributed by atoms with Crippen LogP contribution in [0.1, 0.15) is 35.4 Å². The third-order valence-corrected chi connectivity index (χ3v) is 8.18. The first-order chi connectivity index (χ1) is 20.8. The summed E-state index contributed by atoms with van der Waals surface area (Å²) in [6.07, 6.45) is -2.78. The number of rotatable bonds is 11. The summed E-state index contributed by atoms with van der Waals surface area (Å²) in [5.41, 5.74) is 3.95. The molecule has 1 aliphatic heterocycles. The van der Waals surface area contributed by atoms with E-state index in [9.17, 15) is 13.2 Å². The summed E-state index contributed by atoms with van der Waals surface area (Å²) in [7, 11) is 0. The smallest absolute Gasteiger partial charge is 0.490 e. The number of hydrogen-bond acceptors (Lipinski definition) is 5. The lowest BCUT2D eigenvalue weighted by molar-refractivity contribution is -0.192. The monoisotopic (exact) mass is 611 g/mol. The number of benzene rings is 4. The minimum absolute atomic E-state index is 0.165. The van der Waals surface area contributed by atoms with E-state index in [1.165, 1.54) is 27.5 Å². The number of carbonyl (C=O) groups is 1. The van der Waals surface area contributed by atoms with Crippen molar-refractivity contribution < 1.29 is 32.5 Å². The normalized spacial score (nSPS) is 16.7. The molecule has 5 nitrogen and oxygen atoms in total. The zero-order valence-corrected chi connectivity index (χ0v) is 24.6. The summed E-state index contributed by atoms with van der Waals surface area (Å²) >= 11 is 1.97. The number of fused-ring (bicyclic) bond motifs is 1. The first-order valence-corrected chi connectivity index (χ1v) is 15.4. The Morgan fingerprint density at radius 1 is 0.907 bits per heavy atom. The van der Waals surface area contributed by atoms with Gasteiger partial charge in [0.15, 0.2) is 0 Å². The molecule has 0 aromatic heterocycles. The molecule has 43 heavy (non-hydrogen) atoms. The number of carboxylic acids is 1. The number of ether oxygens (including phenoxy) is 2. The molecule has 0 saturated carbocycles. The van der Waals surface area contributed by atoms with Crippen LogP contribution in [0.15, 0.2) is 97.1 Å².